The molecule has 1 unspecified atom stereocenters. The first kappa shape index (κ1) is 15.3. The van der Waals surface area contributed by atoms with E-state index in [9.17, 15) is 4.79 Å². The zero-order valence-corrected chi connectivity index (χ0v) is 14.4. The van der Waals surface area contributed by atoms with E-state index in [1.807, 2.05) is 37.3 Å². The number of ketones is 1. The molecule has 2 aromatic carbocycles. The molecule has 0 saturated heterocycles. The first-order chi connectivity index (χ1) is 9.47. The van der Waals surface area contributed by atoms with Gasteiger partial charge in [-0.15, -0.1) is 0 Å². The van der Waals surface area contributed by atoms with E-state index in [1.54, 1.807) is 19.1 Å². The fourth-order valence-electron chi connectivity index (χ4n) is 1.80. The van der Waals surface area contributed by atoms with Crippen molar-refractivity contribution in [2.75, 3.05) is 0 Å². The number of halogens is 2. The summed E-state index contributed by atoms with van der Waals surface area (Å²) < 4.78 is 7.69. The molecule has 4 heteroatoms. The second-order valence-corrected chi connectivity index (χ2v) is 6.31. The quantitative estimate of drug-likeness (QED) is 0.665. The van der Waals surface area contributed by atoms with Crippen LogP contribution in [0.15, 0.2) is 51.4 Å². The molecule has 0 heterocycles. The summed E-state index contributed by atoms with van der Waals surface area (Å²) in [6.07, 6.45) is -0.517. The van der Waals surface area contributed by atoms with Gasteiger partial charge in [0.15, 0.2) is 6.10 Å². The number of rotatable bonds is 4. The van der Waals surface area contributed by atoms with Crippen molar-refractivity contribution in [2.24, 2.45) is 0 Å². The molecular formula is C16H14Br2O2. The Balaban J connectivity index is 2.11. The number of ether oxygens (including phenoxy) is 1. The summed E-state index contributed by atoms with van der Waals surface area (Å²) in [7, 11) is 0. The van der Waals surface area contributed by atoms with Gasteiger partial charge in [0.25, 0.3) is 0 Å². The number of aryl methyl sites for hydroxylation is 1. The first-order valence-corrected chi connectivity index (χ1v) is 7.78. The van der Waals surface area contributed by atoms with Gasteiger partial charge in [-0.2, -0.15) is 0 Å². The van der Waals surface area contributed by atoms with Crippen molar-refractivity contribution in [3.8, 4) is 5.75 Å². The highest BCUT2D eigenvalue weighted by atomic mass is 79.9. The standard InChI is InChI=1S/C16H14Br2O2/c1-10-9-14(7-8-15(10)18)20-11(2)16(19)12-3-5-13(17)6-4-12/h3-9,11H,1-2H3. The zero-order chi connectivity index (χ0) is 14.7. The van der Waals surface area contributed by atoms with Crippen LogP contribution >= 0.6 is 31.9 Å². The van der Waals surface area contributed by atoms with Crippen LogP contribution < -0.4 is 4.74 Å². The topological polar surface area (TPSA) is 26.3 Å². The van der Waals surface area contributed by atoms with Gasteiger partial charge in [-0.05, 0) is 49.7 Å². The average Bonchev–Trinajstić information content (AvgIpc) is 2.43. The Morgan fingerprint density at radius 2 is 1.75 bits per heavy atom. The van der Waals surface area contributed by atoms with E-state index in [4.69, 9.17) is 4.74 Å². The van der Waals surface area contributed by atoms with Crippen LogP contribution in [0.2, 0.25) is 0 Å². The lowest BCUT2D eigenvalue weighted by atomic mass is 10.1. The summed E-state index contributed by atoms with van der Waals surface area (Å²) in [6, 6.07) is 13.0. The van der Waals surface area contributed by atoms with Crippen LogP contribution in [0.4, 0.5) is 0 Å². The molecule has 1 atom stereocenters. The minimum absolute atomic E-state index is 0.0296. The molecule has 0 N–H and O–H groups in total. The molecule has 0 aliphatic carbocycles. The molecule has 0 aliphatic heterocycles. The molecule has 0 aromatic heterocycles. The smallest absolute Gasteiger partial charge is 0.202 e. The average molecular weight is 398 g/mol. The van der Waals surface area contributed by atoms with Crippen molar-refractivity contribution in [2.45, 2.75) is 20.0 Å². The van der Waals surface area contributed by atoms with Gasteiger partial charge in [0.1, 0.15) is 5.75 Å². The fraction of sp³-hybridized carbons (Fsp3) is 0.188. The number of carbonyl (C=O) groups is 1. The second-order valence-electron chi connectivity index (χ2n) is 4.54. The molecule has 0 fully saturated rings. The van der Waals surface area contributed by atoms with Crippen LogP contribution in [0.3, 0.4) is 0 Å². The predicted octanol–water partition coefficient (Wildman–Crippen LogP) is 5.17. The molecule has 0 bridgehead atoms. The number of benzene rings is 2. The maximum Gasteiger partial charge on any atom is 0.202 e. The fourth-order valence-corrected chi connectivity index (χ4v) is 2.31. The molecule has 104 valence electrons. The molecule has 2 nitrogen and oxygen atoms in total. The van der Waals surface area contributed by atoms with E-state index in [1.165, 1.54) is 0 Å². The number of carbonyl (C=O) groups excluding carboxylic acids is 1. The highest BCUT2D eigenvalue weighted by molar-refractivity contribution is 9.10. The number of hydrogen-bond acceptors (Lipinski definition) is 2. The van der Waals surface area contributed by atoms with Crippen LogP contribution in [0.1, 0.15) is 22.8 Å². The summed E-state index contributed by atoms with van der Waals surface area (Å²) >= 11 is 6.79. The first-order valence-electron chi connectivity index (χ1n) is 6.20. The molecule has 2 rings (SSSR count). The lowest BCUT2D eigenvalue weighted by Crippen LogP contribution is -2.23. The molecule has 0 spiro atoms. The zero-order valence-electron chi connectivity index (χ0n) is 11.2. The Labute approximate surface area is 135 Å². The van der Waals surface area contributed by atoms with Gasteiger partial charge in [-0.3, -0.25) is 4.79 Å². The summed E-state index contributed by atoms with van der Waals surface area (Å²) in [5.74, 6) is 0.668. The van der Waals surface area contributed by atoms with Crippen LogP contribution in [0.5, 0.6) is 5.75 Å². The maximum atomic E-state index is 12.3. The highest BCUT2D eigenvalue weighted by Gasteiger charge is 2.17. The maximum absolute atomic E-state index is 12.3. The van der Waals surface area contributed by atoms with Crippen molar-refractivity contribution in [1.29, 1.82) is 0 Å². The Bertz CT molecular complexity index is 621. The van der Waals surface area contributed by atoms with E-state index in [0.717, 1.165) is 14.5 Å². The van der Waals surface area contributed by atoms with Gasteiger partial charge in [-0.25, -0.2) is 0 Å². The third-order valence-corrected chi connectivity index (χ3v) is 4.36. The second kappa shape index (κ2) is 6.55. The van der Waals surface area contributed by atoms with Gasteiger partial charge in [0.2, 0.25) is 5.78 Å². The third kappa shape index (κ3) is 3.70. The molecule has 0 amide bonds. The van der Waals surface area contributed by atoms with Crippen molar-refractivity contribution in [3.05, 3.63) is 62.5 Å². The van der Waals surface area contributed by atoms with Gasteiger partial charge >= 0.3 is 0 Å². The van der Waals surface area contributed by atoms with Gasteiger partial charge in [0.05, 0.1) is 0 Å². The highest BCUT2D eigenvalue weighted by Crippen LogP contribution is 2.23. The summed E-state index contributed by atoms with van der Waals surface area (Å²) in [5, 5.41) is 0. The van der Waals surface area contributed by atoms with Crippen LogP contribution in [-0.2, 0) is 0 Å². The van der Waals surface area contributed by atoms with E-state index >= 15 is 0 Å². The molecule has 2 aromatic rings. The lowest BCUT2D eigenvalue weighted by molar-refractivity contribution is 0.0818. The van der Waals surface area contributed by atoms with Crippen molar-refractivity contribution >= 4 is 37.6 Å². The van der Waals surface area contributed by atoms with Crippen molar-refractivity contribution in [3.63, 3.8) is 0 Å². The van der Waals surface area contributed by atoms with Gasteiger partial charge in [0, 0.05) is 14.5 Å². The minimum atomic E-state index is -0.517. The monoisotopic (exact) mass is 396 g/mol. The third-order valence-electron chi connectivity index (χ3n) is 2.94. The van der Waals surface area contributed by atoms with Gasteiger partial charge < -0.3 is 4.74 Å². The van der Waals surface area contributed by atoms with E-state index in [-0.39, 0.29) is 5.78 Å². The van der Waals surface area contributed by atoms with Crippen molar-refractivity contribution in [1.82, 2.24) is 0 Å². The molecule has 0 radical (unpaired) electrons. The number of hydrogen-bond donors (Lipinski definition) is 0. The van der Waals surface area contributed by atoms with E-state index < -0.39 is 6.10 Å². The van der Waals surface area contributed by atoms with Crippen LogP contribution in [0.25, 0.3) is 0 Å². The normalized spacial score (nSPS) is 12.0. The molecule has 20 heavy (non-hydrogen) atoms. The van der Waals surface area contributed by atoms with E-state index in [2.05, 4.69) is 31.9 Å². The largest absolute Gasteiger partial charge is 0.483 e. The minimum Gasteiger partial charge on any atom is -0.483 e. The van der Waals surface area contributed by atoms with Gasteiger partial charge in [-0.1, -0.05) is 44.0 Å². The molecular weight excluding hydrogens is 384 g/mol. The van der Waals surface area contributed by atoms with Crippen molar-refractivity contribution < 1.29 is 9.53 Å². The Kier molecular flexibility index (Phi) is 5.00. The lowest BCUT2D eigenvalue weighted by Gasteiger charge is -2.14. The predicted molar refractivity (Wildman–Crippen MR) is 87.4 cm³/mol. The Hall–Kier alpha value is -1.13. The summed E-state index contributed by atoms with van der Waals surface area (Å²) in [4.78, 5) is 12.3. The SMILES string of the molecule is Cc1cc(OC(C)C(=O)c2ccc(Br)cc2)ccc1Br. The Morgan fingerprint density at radius 1 is 1.10 bits per heavy atom. The number of Topliss-reactive ketones (excluding diaryl/α,β-unsaturated/α-hetero) is 1. The van der Waals surface area contributed by atoms with E-state index in [0.29, 0.717) is 11.3 Å². The van der Waals surface area contributed by atoms with Crippen LogP contribution in [0, 0.1) is 6.92 Å². The molecule has 0 saturated carbocycles. The van der Waals surface area contributed by atoms with Crippen LogP contribution in [-0.4, -0.2) is 11.9 Å². The molecule has 0 aliphatic rings. The Morgan fingerprint density at radius 3 is 2.35 bits per heavy atom. The summed E-state index contributed by atoms with van der Waals surface area (Å²) in [5.41, 5.74) is 1.72. The summed E-state index contributed by atoms with van der Waals surface area (Å²) in [6.45, 7) is 3.75.